The average molecular weight is 363 g/mol. The summed E-state index contributed by atoms with van der Waals surface area (Å²) in [6.07, 6.45) is 0. The van der Waals surface area contributed by atoms with Crippen LogP contribution in [0.2, 0.25) is 0 Å². The Morgan fingerprint density at radius 3 is 2.40 bits per heavy atom. The van der Waals surface area contributed by atoms with Crippen LogP contribution in [-0.4, -0.2) is 8.42 Å². The van der Waals surface area contributed by atoms with Crippen molar-refractivity contribution in [3.63, 3.8) is 0 Å². The van der Waals surface area contributed by atoms with Crippen molar-refractivity contribution in [3.05, 3.63) is 52.5 Å². The molecule has 2 rings (SSSR count). The van der Waals surface area contributed by atoms with E-state index in [0.29, 0.717) is 16.2 Å². The number of sulfonamides is 1. The van der Waals surface area contributed by atoms with Crippen LogP contribution in [0.4, 0.5) is 20.2 Å². The van der Waals surface area contributed by atoms with Gasteiger partial charge >= 0.3 is 0 Å². The monoisotopic (exact) mass is 362 g/mol. The van der Waals surface area contributed by atoms with Gasteiger partial charge < -0.3 is 5.73 Å². The highest BCUT2D eigenvalue weighted by atomic mass is 79.9. The topological polar surface area (TPSA) is 72.2 Å². The van der Waals surface area contributed by atoms with Gasteiger partial charge in [-0.15, -0.1) is 0 Å². The molecule has 106 valence electrons. The first-order valence-corrected chi connectivity index (χ1v) is 7.60. The number of nitrogen functional groups attached to an aromatic ring is 1. The van der Waals surface area contributed by atoms with E-state index in [4.69, 9.17) is 5.73 Å². The molecule has 0 unspecified atom stereocenters. The maximum absolute atomic E-state index is 13.5. The average Bonchev–Trinajstić information content (AvgIpc) is 2.33. The second-order valence-electron chi connectivity index (χ2n) is 3.92. The van der Waals surface area contributed by atoms with Crippen LogP contribution in [0.25, 0.3) is 0 Å². The van der Waals surface area contributed by atoms with E-state index >= 15 is 0 Å². The minimum Gasteiger partial charge on any atom is -0.398 e. The van der Waals surface area contributed by atoms with Crippen LogP contribution in [-0.2, 0) is 10.0 Å². The van der Waals surface area contributed by atoms with Crippen LogP contribution in [0.1, 0.15) is 0 Å². The molecule has 0 radical (unpaired) electrons. The highest BCUT2D eigenvalue weighted by Gasteiger charge is 2.19. The Hall–Kier alpha value is -1.67. The fourth-order valence-electron chi connectivity index (χ4n) is 1.49. The maximum atomic E-state index is 13.5. The summed E-state index contributed by atoms with van der Waals surface area (Å²) >= 11 is 3.15. The van der Waals surface area contributed by atoms with Gasteiger partial charge in [-0.3, -0.25) is 4.72 Å². The van der Waals surface area contributed by atoms with Gasteiger partial charge in [-0.2, -0.15) is 0 Å². The third-order valence-corrected chi connectivity index (χ3v) is 4.54. The van der Waals surface area contributed by atoms with Crippen LogP contribution in [0.15, 0.2) is 45.8 Å². The van der Waals surface area contributed by atoms with E-state index in [1.165, 1.54) is 18.2 Å². The van der Waals surface area contributed by atoms with Gasteiger partial charge in [-0.1, -0.05) is 0 Å². The van der Waals surface area contributed by atoms with Crippen molar-refractivity contribution in [2.75, 3.05) is 10.5 Å². The highest BCUT2D eigenvalue weighted by molar-refractivity contribution is 9.10. The quantitative estimate of drug-likeness (QED) is 0.824. The smallest absolute Gasteiger partial charge is 0.264 e. The molecule has 0 aliphatic rings. The predicted octanol–water partition coefficient (Wildman–Crippen LogP) is 3.11. The molecule has 8 heteroatoms. The molecule has 0 aromatic heterocycles. The Morgan fingerprint density at radius 2 is 1.80 bits per heavy atom. The Labute approximate surface area is 122 Å². The van der Waals surface area contributed by atoms with Gasteiger partial charge in [0.2, 0.25) is 0 Å². The molecule has 0 spiro atoms. The van der Waals surface area contributed by atoms with E-state index in [0.717, 1.165) is 12.1 Å². The molecule has 3 N–H and O–H groups in total. The molecular formula is C12H9BrF2N2O2S. The molecule has 0 saturated carbocycles. The standard InChI is InChI=1S/C12H9BrF2N2O2S/c13-9-6-8(2-3-11(9)16)17-20(18,19)12-4-1-7(14)5-10(12)15/h1-6,17H,16H2. The lowest BCUT2D eigenvalue weighted by Gasteiger charge is -2.10. The minimum absolute atomic E-state index is 0.204. The zero-order chi connectivity index (χ0) is 14.9. The number of hydrogen-bond donors (Lipinski definition) is 2. The Bertz CT molecular complexity index is 766. The summed E-state index contributed by atoms with van der Waals surface area (Å²) in [7, 11) is -4.14. The SMILES string of the molecule is Nc1ccc(NS(=O)(=O)c2ccc(F)cc2F)cc1Br. The number of anilines is 2. The first-order chi connectivity index (χ1) is 9.29. The third-order valence-electron chi connectivity index (χ3n) is 2.44. The van der Waals surface area contributed by atoms with Gasteiger partial charge in [0.25, 0.3) is 10.0 Å². The molecule has 2 aromatic rings. The van der Waals surface area contributed by atoms with E-state index in [1.807, 2.05) is 0 Å². The number of rotatable bonds is 3. The summed E-state index contributed by atoms with van der Waals surface area (Å²) in [6, 6.07) is 6.60. The van der Waals surface area contributed by atoms with Crippen molar-refractivity contribution >= 4 is 37.3 Å². The zero-order valence-electron chi connectivity index (χ0n) is 9.90. The number of nitrogens with one attached hydrogen (secondary N) is 1. The number of hydrogen-bond acceptors (Lipinski definition) is 3. The molecule has 0 fully saturated rings. The van der Waals surface area contributed by atoms with E-state index in [9.17, 15) is 17.2 Å². The summed E-state index contributed by atoms with van der Waals surface area (Å²) in [5.74, 6) is -2.01. The van der Waals surface area contributed by atoms with Crippen molar-refractivity contribution in [3.8, 4) is 0 Å². The highest BCUT2D eigenvalue weighted by Crippen LogP contribution is 2.25. The molecule has 0 amide bonds. The molecule has 0 bridgehead atoms. The predicted molar refractivity (Wildman–Crippen MR) is 75.7 cm³/mol. The second-order valence-corrected chi connectivity index (χ2v) is 6.42. The lowest BCUT2D eigenvalue weighted by Crippen LogP contribution is -2.14. The molecule has 4 nitrogen and oxygen atoms in total. The van der Waals surface area contributed by atoms with Gasteiger partial charge in [0.1, 0.15) is 16.5 Å². The Balaban J connectivity index is 2.38. The third kappa shape index (κ3) is 3.07. The van der Waals surface area contributed by atoms with Crippen LogP contribution in [0, 0.1) is 11.6 Å². The molecule has 0 aliphatic carbocycles. The molecule has 20 heavy (non-hydrogen) atoms. The van der Waals surface area contributed by atoms with E-state index in [1.54, 1.807) is 0 Å². The van der Waals surface area contributed by atoms with Crippen molar-refractivity contribution in [1.29, 1.82) is 0 Å². The van der Waals surface area contributed by atoms with E-state index in [-0.39, 0.29) is 5.69 Å². The van der Waals surface area contributed by atoms with Crippen molar-refractivity contribution in [1.82, 2.24) is 0 Å². The molecule has 0 atom stereocenters. The molecule has 2 aromatic carbocycles. The summed E-state index contributed by atoms with van der Waals surface area (Å²) < 4.78 is 53.0. The van der Waals surface area contributed by atoms with Gasteiger partial charge in [-0.05, 0) is 46.3 Å². The lowest BCUT2D eigenvalue weighted by molar-refractivity contribution is 0.551. The van der Waals surface area contributed by atoms with Gasteiger partial charge in [0, 0.05) is 16.2 Å². The molecule has 0 saturated heterocycles. The Morgan fingerprint density at radius 1 is 1.10 bits per heavy atom. The van der Waals surface area contributed by atoms with Gasteiger partial charge in [0.15, 0.2) is 0 Å². The summed E-state index contributed by atoms with van der Waals surface area (Å²) in [4.78, 5) is -0.633. The lowest BCUT2D eigenvalue weighted by atomic mass is 10.3. The second kappa shape index (κ2) is 5.37. The minimum atomic E-state index is -4.14. The number of benzene rings is 2. The van der Waals surface area contributed by atoms with Crippen molar-refractivity contribution in [2.24, 2.45) is 0 Å². The summed E-state index contributed by atoms with van der Waals surface area (Å²) in [6.45, 7) is 0. The van der Waals surface area contributed by atoms with Crippen LogP contribution >= 0.6 is 15.9 Å². The maximum Gasteiger partial charge on any atom is 0.264 e. The molecular weight excluding hydrogens is 354 g/mol. The van der Waals surface area contributed by atoms with Gasteiger partial charge in [0.05, 0.1) is 5.69 Å². The first kappa shape index (κ1) is 14.7. The van der Waals surface area contributed by atoms with Crippen LogP contribution in [0.5, 0.6) is 0 Å². The van der Waals surface area contributed by atoms with Gasteiger partial charge in [-0.25, -0.2) is 17.2 Å². The van der Waals surface area contributed by atoms with Crippen molar-refractivity contribution < 1.29 is 17.2 Å². The van der Waals surface area contributed by atoms with Crippen molar-refractivity contribution in [2.45, 2.75) is 4.90 Å². The fraction of sp³-hybridized carbons (Fsp3) is 0. The van der Waals surface area contributed by atoms with E-state index < -0.39 is 26.6 Å². The van der Waals surface area contributed by atoms with E-state index in [2.05, 4.69) is 20.7 Å². The van der Waals surface area contributed by atoms with Crippen LogP contribution in [0.3, 0.4) is 0 Å². The largest absolute Gasteiger partial charge is 0.398 e. The number of nitrogens with two attached hydrogens (primary N) is 1. The fourth-order valence-corrected chi connectivity index (χ4v) is 2.98. The Kier molecular flexibility index (Phi) is 3.96. The zero-order valence-corrected chi connectivity index (χ0v) is 12.3. The first-order valence-electron chi connectivity index (χ1n) is 5.32. The number of halogens is 3. The summed E-state index contributed by atoms with van der Waals surface area (Å²) in [5.41, 5.74) is 6.21. The molecule has 0 aliphatic heterocycles. The molecule has 0 heterocycles. The van der Waals surface area contributed by atoms with Crippen LogP contribution < -0.4 is 10.5 Å². The summed E-state index contributed by atoms with van der Waals surface area (Å²) in [5, 5.41) is 0. The normalized spacial score (nSPS) is 11.3.